The molecule has 2 aromatic heterocycles. The van der Waals surface area contributed by atoms with Crippen LogP contribution in [0, 0.1) is 52.3 Å². The van der Waals surface area contributed by atoms with E-state index in [1.54, 1.807) is 0 Å². The van der Waals surface area contributed by atoms with E-state index in [-0.39, 0.29) is 35.1 Å². The van der Waals surface area contributed by atoms with Crippen LogP contribution in [0.4, 0.5) is 0 Å². The molecule has 6 aliphatic rings. The number of aryl methyl sites for hydroxylation is 1. The van der Waals surface area contributed by atoms with Crippen LogP contribution in [0.15, 0.2) is 47.8 Å². The highest BCUT2D eigenvalue weighted by Gasteiger charge is 2.72. The number of ether oxygens (including phenoxy) is 2. The number of aromatic amines is 1. The molecule has 11 atom stereocenters. The number of aromatic nitrogens is 2. The van der Waals surface area contributed by atoms with E-state index >= 15 is 0 Å². The van der Waals surface area contributed by atoms with Gasteiger partial charge in [0.05, 0.1) is 34.8 Å². The van der Waals surface area contributed by atoms with Crippen molar-refractivity contribution in [1.82, 2.24) is 9.55 Å². The van der Waals surface area contributed by atoms with Gasteiger partial charge in [-0.15, -0.1) is 0 Å². The summed E-state index contributed by atoms with van der Waals surface area (Å²) in [5.74, 6) is -0.373. The van der Waals surface area contributed by atoms with Crippen LogP contribution in [0.5, 0.6) is 0 Å². The number of aldehydes is 1. The van der Waals surface area contributed by atoms with Crippen molar-refractivity contribution in [2.75, 3.05) is 13.2 Å². The molecule has 2 aliphatic heterocycles. The molecule has 5 fully saturated rings. The molecular weight excluding hydrogens is 753 g/mol. The van der Waals surface area contributed by atoms with Crippen molar-refractivity contribution in [3.63, 3.8) is 0 Å². The molecule has 0 radical (unpaired) electrons. The molecule has 2 saturated heterocycles. The minimum atomic E-state index is -0.792. The Morgan fingerprint density at radius 3 is 2.42 bits per heavy atom. The van der Waals surface area contributed by atoms with Crippen molar-refractivity contribution >= 4 is 28.9 Å². The predicted molar refractivity (Wildman–Crippen MR) is 232 cm³/mol. The monoisotopic (exact) mass is 821 g/mol. The molecule has 11 unspecified atom stereocenters. The van der Waals surface area contributed by atoms with Crippen molar-refractivity contribution in [2.24, 2.45) is 45.3 Å². The van der Waals surface area contributed by atoms with Crippen molar-refractivity contribution in [2.45, 2.75) is 156 Å². The number of ketones is 2. The number of nitrogens with zero attached hydrogens (tertiary/aromatic N) is 1. The molecule has 1 aromatic carbocycles. The maximum atomic E-state index is 14.8. The third-order valence-electron chi connectivity index (χ3n) is 17.9. The number of allylic oxidation sites excluding steroid dienone is 1. The number of epoxide rings is 1. The zero-order valence-electron chi connectivity index (χ0n) is 37.4. The van der Waals surface area contributed by atoms with Crippen LogP contribution in [0.1, 0.15) is 141 Å². The van der Waals surface area contributed by atoms with Gasteiger partial charge in [0.15, 0.2) is 5.78 Å². The molecule has 324 valence electrons. The number of rotatable bonds is 10. The van der Waals surface area contributed by atoms with E-state index in [1.807, 2.05) is 20.0 Å². The molecule has 0 amide bonds. The highest BCUT2D eigenvalue weighted by Crippen LogP contribution is 2.75. The van der Waals surface area contributed by atoms with E-state index in [1.165, 1.54) is 5.56 Å². The normalized spacial score (nSPS) is 36.4. The van der Waals surface area contributed by atoms with Gasteiger partial charge in [0.2, 0.25) is 0 Å². The van der Waals surface area contributed by atoms with Crippen molar-refractivity contribution < 1.29 is 34.1 Å². The summed E-state index contributed by atoms with van der Waals surface area (Å²) >= 11 is 0. The topological polar surface area (TPSA) is 134 Å². The standard InChI is InChI=1S/C51H68N2O7/c1-28-20-31(30-13-18-59-19-14-30)23-32(21-28)35(27-54)33-25-53(36-12-17-52-43(33)36)26-34-42-41(29(2)22-37(55)46-48(5,6)60-46)38(56)24-51(42,9)50(8)16-10-39-47(3,4)40(57)11-15-49(39,7)45(50)44(34)58/h12,17,20-21,23,25,27,29-30,34-35,37,39,44-46,52,55,58H,10-11,13-16,18-19,22,24,26H2,1-9H3. The van der Waals surface area contributed by atoms with Crippen LogP contribution in [0.3, 0.4) is 0 Å². The summed E-state index contributed by atoms with van der Waals surface area (Å²) in [7, 11) is 0. The number of hydrogen-bond acceptors (Lipinski definition) is 7. The molecular formula is C51H68N2O7. The Morgan fingerprint density at radius 2 is 1.73 bits per heavy atom. The SMILES string of the molecule is Cc1cc(C2CCOCC2)cc(C(C=O)c2cn(CC3C4=C(C(C)CC(O)C5OC5(C)C)C(=O)CC4(C)C4(C)CCC5C(C)(C)C(=O)CCC5(C)C4C3O)c3cc[nH]c23)c1. The van der Waals surface area contributed by atoms with E-state index in [2.05, 4.69) is 88.5 Å². The number of fused-ring (bicyclic) bond motifs is 6. The molecule has 3 aromatic rings. The Hall–Kier alpha value is -3.37. The first-order chi connectivity index (χ1) is 28.3. The second kappa shape index (κ2) is 14.3. The van der Waals surface area contributed by atoms with Gasteiger partial charge in [-0.05, 0) is 122 Å². The van der Waals surface area contributed by atoms with Gasteiger partial charge >= 0.3 is 0 Å². The number of carbonyl (C=O) groups is 3. The van der Waals surface area contributed by atoms with Crippen LogP contribution >= 0.6 is 0 Å². The summed E-state index contributed by atoms with van der Waals surface area (Å²) in [6, 6.07) is 8.65. The molecule has 4 heterocycles. The third-order valence-corrected chi connectivity index (χ3v) is 17.9. The van der Waals surface area contributed by atoms with Gasteiger partial charge in [-0.25, -0.2) is 0 Å². The zero-order valence-corrected chi connectivity index (χ0v) is 37.4. The molecule has 3 N–H and O–H groups in total. The van der Waals surface area contributed by atoms with Crippen LogP contribution in [0.25, 0.3) is 11.0 Å². The smallest absolute Gasteiger partial charge is 0.160 e. The highest BCUT2D eigenvalue weighted by molar-refractivity contribution is 6.01. The van der Waals surface area contributed by atoms with Crippen LogP contribution in [-0.2, 0) is 30.4 Å². The molecule has 60 heavy (non-hydrogen) atoms. The average molecular weight is 821 g/mol. The summed E-state index contributed by atoms with van der Waals surface area (Å²) in [5.41, 5.74) is 5.76. The Balaban J connectivity index is 1.16. The van der Waals surface area contributed by atoms with Crippen LogP contribution < -0.4 is 0 Å². The van der Waals surface area contributed by atoms with E-state index < -0.39 is 45.9 Å². The molecule has 9 heteroatoms. The van der Waals surface area contributed by atoms with Gasteiger partial charge in [0, 0.05) is 67.3 Å². The van der Waals surface area contributed by atoms with E-state index in [9.17, 15) is 24.6 Å². The lowest BCUT2D eigenvalue weighted by Crippen LogP contribution is -2.67. The van der Waals surface area contributed by atoms with Gasteiger partial charge in [-0.1, -0.05) is 65.3 Å². The first-order valence-electron chi connectivity index (χ1n) is 22.9. The second-order valence-electron chi connectivity index (χ2n) is 22.0. The number of carbonyl (C=O) groups excluding carboxylic acids is 3. The van der Waals surface area contributed by atoms with Gasteiger partial charge in [0.1, 0.15) is 18.2 Å². The molecule has 9 rings (SSSR count). The number of benzene rings is 1. The van der Waals surface area contributed by atoms with Crippen LogP contribution in [-0.4, -0.2) is 74.7 Å². The lowest BCUT2D eigenvalue weighted by molar-refractivity contribution is -0.220. The van der Waals surface area contributed by atoms with E-state index in [0.717, 1.165) is 90.5 Å². The minimum Gasteiger partial charge on any atom is -0.392 e. The fraction of sp³-hybridized carbons (Fsp3) is 0.667. The molecule has 9 nitrogen and oxygen atoms in total. The maximum Gasteiger partial charge on any atom is 0.160 e. The molecule has 0 spiro atoms. The minimum absolute atomic E-state index is 0.115. The zero-order chi connectivity index (χ0) is 42.9. The number of H-pyrrole nitrogens is 1. The van der Waals surface area contributed by atoms with Gasteiger partial charge < -0.3 is 34.0 Å². The summed E-state index contributed by atoms with van der Waals surface area (Å²) in [5, 5.41) is 24.8. The quantitative estimate of drug-likeness (QED) is 0.138. The van der Waals surface area contributed by atoms with Gasteiger partial charge in [-0.2, -0.15) is 0 Å². The number of nitrogens with one attached hydrogen (secondary N) is 1. The number of aliphatic hydroxyl groups excluding tert-OH is 2. The van der Waals surface area contributed by atoms with E-state index in [0.29, 0.717) is 37.5 Å². The Labute approximate surface area is 356 Å². The number of Topliss-reactive ketones (excluding diaryl/α,β-unsaturated/α-hetero) is 2. The summed E-state index contributed by atoms with van der Waals surface area (Å²) in [6.45, 7) is 21.3. The largest absolute Gasteiger partial charge is 0.392 e. The van der Waals surface area contributed by atoms with Gasteiger partial charge in [0.25, 0.3) is 0 Å². The van der Waals surface area contributed by atoms with Crippen molar-refractivity contribution in [3.05, 3.63) is 70.1 Å². The Morgan fingerprint density at radius 1 is 1.02 bits per heavy atom. The average Bonchev–Trinajstić information content (AvgIpc) is 3.48. The molecule has 0 bridgehead atoms. The van der Waals surface area contributed by atoms with Gasteiger partial charge in [-0.3, -0.25) is 9.59 Å². The fourth-order valence-electron chi connectivity index (χ4n) is 14.7. The number of hydrogen-bond donors (Lipinski definition) is 3. The molecule has 4 aliphatic carbocycles. The maximum absolute atomic E-state index is 14.8. The first kappa shape index (κ1) is 42.0. The first-order valence-corrected chi connectivity index (χ1v) is 22.9. The van der Waals surface area contributed by atoms with Crippen LogP contribution in [0.2, 0.25) is 0 Å². The summed E-state index contributed by atoms with van der Waals surface area (Å²) in [6.07, 6.45) is 8.94. The predicted octanol–water partition coefficient (Wildman–Crippen LogP) is 8.76. The third kappa shape index (κ3) is 6.17. The Bertz CT molecular complexity index is 2260. The summed E-state index contributed by atoms with van der Waals surface area (Å²) in [4.78, 5) is 45.1. The van der Waals surface area contributed by atoms with E-state index in [4.69, 9.17) is 9.47 Å². The lowest BCUT2D eigenvalue weighted by atomic mass is 9.34. The lowest BCUT2D eigenvalue weighted by Gasteiger charge is -2.70. The van der Waals surface area contributed by atoms with Crippen molar-refractivity contribution in [1.29, 1.82) is 0 Å². The molecule has 3 saturated carbocycles. The number of aliphatic hydroxyl groups is 2. The fourth-order valence-corrected chi connectivity index (χ4v) is 14.7. The Kier molecular flexibility index (Phi) is 10.0. The highest BCUT2D eigenvalue weighted by atomic mass is 16.6. The summed E-state index contributed by atoms with van der Waals surface area (Å²) < 4.78 is 13.8. The second-order valence-corrected chi connectivity index (χ2v) is 22.0. The van der Waals surface area contributed by atoms with Crippen molar-refractivity contribution in [3.8, 4) is 0 Å².